The van der Waals surface area contributed by atoms with E-state index < -0.39 is 11.9 Å². The first-order chi connectivity index (χ1) is 8.68. The van der Waals surface area contributed by atoms with Crippen molar-refractivity contribution in [1.29, 1.82) is 0 Å². The summed E-state index contributed by atoms with van der Waals surface area (Å²) in [5, 5.41) is 9.32. The largest absolute Gasteiger partial charge is 0.481 e. The zero-order valence-corrected chi connectivity index (χ0v) is 9.82. The maximum Gasteiger partial charge on any atom is 0.307 e. The van der Waals surface area contributed by atoms with Crippen LogP contribution in [0.2, 0.25) is 0 Å². The van der Waals surface area contributed by atoms with Gasteiger partial charge in [-0.3, -0.25) is 9.59 Å². The van der Waals surface area contributed by atoms with Crippen molar-refractivity contribution in [3.63, 3.8) is 0 Å². The smallest absolute Gasteiger partial charge is 0.307 e. The topological polar surface area (TPSA) is 54.4 Å². The maximum atomic E-state index is 12.5. The molecule has 1 saturated carbocycles. The second-order valence-corrected chi connectivity index (χ2v) is 5.07. The molecule has 3 heteroatoms. The Kier molecular flexibility index (Phi) is 2.54. The van der Waals surface area contributed by atoms with Gasteiger partial charge in [-0.15, -0.1) is 0 Å². The van der Waals surface area contributed by atoms with E-state index in [1.54, 1.807) is 12.1 Å². The van der Waals surface area contributed by atoms with Crippen molar-refractivity contribution in [2.75, 3.05) is 0 Å². The minimum atomic E-state index is -0.846. The number of hydrogen-bond donors (Lipinski definition) is 1. The molecule has 3 rings (SSSR count). The highest BCUT2D eigenvalue weighted by atomic mass is 16.4. The van der Waals surface area contributed by atoms with Crippen LogP contribution in [0, 0.1) is 23.7 Å². The van der Waals surface area contributed by atoms with Gasteiger partial charge in [-0.2, -0.15) is 0 Å². The number of carbonyl (C=O) groups excluding carboxylic acids is 1. The first kappa shape index (κ1) is 11.2. The molecule has 18 heavy (non-hydrogen) atoms. The molecular formula is C15H14O3. The Hall–Kier alpha value is -1.90. The van der Waals surface area contributed by atoms with Crippen LogP contribution in [0.4, 0.5) is 0 Å². The third-order valence-corrected chi connectivity index (χ3v) is 4.11. The number of carboxylic acids is 1. The van der Waals surface area contributed by atoms with Crippen LogP contribution < -0.4 is 0 Å². The van der Waals surface area contributed by atoms with E-state index in [2.05, 4.69) is 0 Å². The predicted molar refractivity (Wildman–Crippen MR) is 66.1 cm³/mol. The average molecular weight is 242 g/mol. The SMILES string of the molecule is O=C(O)[C@H]1[C@H](C(=O)c2ccccc2)[C@H]2C=C[C@@H]1C2. The van der Waals surface area contributed by atoms with Gasteiger partial charge >= 0.3 is 5.97 Å². The lowest BCUT2D eigenvalue weighted by Gasteiger charge is -2.23. The van der Waals surface area contributed by atoms with Gasteiger partial charge in [-0.25, -0.2) is 0 Å². The van der Waals surface area contributed by atoms with Gasteiger partial charge in [0.25, 0.3) is 0 Å². The average Bonchev–Trinajstić information content (AvgIpc) is 2.99. The summed E-state index contributed by atoms with van der Waals surface area (Å²) >= 11 is 0. The Labute approximate surface area is 105 Å². The predicted octanol–water partition coefficient (Wildman–Crippen LogP) is 2.39. The Bertz CT molecular complexity index is 518. The molecule has 1 aromatic carbocycles. The lowest BCUT2D eigenvalue weighted by atomic mass is 9.78. The molecule has 0 saturated heterocycles. The number of benzene rings is 1. The molecule has 0 unspecified atom stereocenters. The van der Waals surface area contributed by atoms with Crippen LogP contribution in [0.3, 0.4) is 0 Å². The molecule has 0 aliphatic heterocycles. The fourth-order valence-corrected chi connectivity index (χ4v) is 3.31. The van der Waals surface area contributed by atoms with Crippen LogP contribution in [0.25, 0.3) is 0 Å². The Morgan fingerprint density at radius 1 is 1.00 bits per heavy atom. The molecule has 2 bridgehead atoms. The van der Waals surface area contributed by atoms with Gasteiger partial charge in [0, 0.05) is 11.5 Å². The van der Waals surface area contributed by atoms with Crippen LogP contribution in [0.5, 0.6) is 0 Å². The summed E-state index contributed by atoms with van der Waals surface area (Å²) in [5.41, 5.74) is 0.620. The number of allylic oxidation sites excluding steroid dienone is 2. The van der Waals surface area contributed by atoms with Gasteiger partial charge in [0.2, 0.25) is 0 Å². The van der Waals surface area contributed by atoms with Crippen LogP contribution in [-0.2, 0) is 4.79 Å². The molecule has 0 heterocycles. The van der Waals surface area contributed by atoms with E-state index >= 15 is 0 Å². The number of carboxylic acid groups (broad SMARTS) is 1. The number of Topliss-reactive ketones (excluding diaryl/α,β-unsaturated/α-hetero) is 1. The van der Waals surface area contributed by atoms with E-state index in [9.17, 15) is 14.7 Å². The van der Waals surface area contributed by atoms with E-state index in [1.165, 1.54) is 0 Å². The Morgan fingerprint density at radius 2 is 1.61 bits per heavy atom. The summed E-state index contributed by atoms with van der Waals surface area (Å²) < 4.78 is 0. The first-order valence-electron chi connectivity index (χ1n) is 6.19. The Balaban J connectivity index is 1.94. The standard InChI is InChI=1S/C15H14O3/c16-14(9-4-2-1-3-5-9)12-10-6-7-11(8-10)13(12)15(17)18/h1-7,10-13H,8H2,(H,17,18)/t10-,11+,12+,13+/m0/s1. The van der Waals surface area contributed by atoms with E-state index in [0.717, 1.165) is 6.42 Å². The van der Waals surface area contributed by atoms with E-state index in [-0.39, 0.29) is 23.5 Å². The molecule has 3 nitrogen and oxygen atoms in total. The molecule has 0 radical (unpaired) electrons. The van der Waals surface area contributed by atoms with Crippen molar-refractivity contribution in [3.8, 4) is 0 Å². The second-order valence-electron chi connectivity index (χ2n) is 5.07. The van der Waals surface area contributed by atoms with E-state index in [0.29, 0.717) is 5.56 Å². The number of carbonyl (C=O) groups is 2. The normalized spacial score (nSPS) is 32.7. The fraction of sp³-hybridized carbons (Fsp3) is 0.333. The van der Waals surface area contributed by atoms with Gasteiger partial charge in [-0.05, 0) is 18.3 Å². The molecule has 4 atom stereocenters. The third kappa shape index (κ3) is 1.58. The number of hydrogen-bond acceptors (Lipinski definition) is 2. The second kappa shape index (κ2) is 4.09. The summed E-state index contributed by atoms with van der Waals surface area (Å²) in [6.45, 7) is 0. The lowest BCUT2D eigenvalue weighted by Crippen LogP contribution is -2.33. The van der Waals surface area contributed by atoms with E-state index in [4.69, 9.17) is 0 Å². The quantitative estimate of drug-likeness (QED) is 0.654. The minimum Gasteiger partial charge on any atom is -0.481 e. The summed E-state index contributed by atoms with van der Waals surface area (Å²) in [7, 11) is 0. The van der Waals surface area contributed by atoms with Gasteiger partial charge in [0.05, 0.1) is 5.92 Å². The zero-order chi connectivity index (χ0) is 12.7. The molecule has 1 fully saturated rings. The van der Waals surface area contributed by atoms with Gasteiger partial charge in [0.15, 0.2) is 5.78 Å². The van der Waals surface area contributed by atoms with Crippen molar-refractivity contribution in [3.05, 3.63) is 48.0 Å². The van der Waals surface area contributed by atoms with Crippen LogP contribution >= 0.6 is 0 Å². The van der Waals surface area contributed by atoms with E-state index in [1.807, 2.05) is 30.4 Å². The van der Waals surface area contributed by atoms with Gasteiger partial charge < -0.3 is 5.11 Å². The van der Waals surface area contributed by atoms with Gasteiger partial charge in [-0.1, -0.05) is 42.5 Å². The van der Waals surface area contributed by atoms with Crippen molar-refractivity contribution in [2.24, 2.45) is 23.7 Å². The number of rotatable bonds is 3. The molecule has 92 valence electrons. The minimum absolute atomic E-state index is 0.0279. The molecule has 0 spiro atoms. The molecule has 0 amide bonds. The molecule has 1 aromatic rings. The molecule has 1 N–H and O–H groups in total. The van der Waals surface area contributed by atoms with Crippen LogP contribution in [0.1, 0.15) is 16.8 Å². The van der Waals surface area contributed by atoms with Crippen molar-refractivity contribution >= 4 is 11.8 Å². The van der Waals surface area contributed by atoms with Crippen LogP contribution in [0.15, 0.2) is 42.5 Å². The molecule has 0 aromatic heterocycles. The lowest BCUT2D eigenvalue weighted by molar-refractivity contribution is -0.143. The number of aliphatic carboxylic acids is 1. The monoisotopic (exact) mass is 242 g/mol. The zero-order valence-electron chi connectivity index (χ0n) is 9.82. The van der Waals surface area contributed by atoms with Crippen LogP contribution in [-0.4, -0.2) is 16.9 Å². The summed E-state index contributed by atoms with van der Waals surface area (Å²) in [6.07, 6.45) is 4.77. The third-order valence-electron chi connectivity index (χ3n) is 4.11. The maximum absolute atomic E-state index is 12.5. The van der Waals surface area contributed by atoms with Crippen molar-refractivity contribution in [2.45, 2.75) is 6.42 Å². The highest BCUT2D eigenvalue weighted by Crippen LogP contribution is 2.49. The number of ketones is 1. The van der Waals surface area contributed by atoms with Crippen molar-refractivity contribution in [1.82, 2.24) is 0 Å². The highest BCUT2D eigenvalue weighted by molar-refractivity contribution is 6.00. The van der Waals surface area contributed by atoms with Gasteiger partial charge in [0.1, 0.15) is 0 Å². The molecule has 2 aliphatic carbocycles. The first-order valence-corrected chi connectivity index (χ1v) is 6.19. The molecular weight excluding hydrogens is 228 g/mol. The number of fused-ring (bicyclic) bond motifs is 2. The summed E-state index contributed by atoms with van der Waals surface area (Å²) in [6, 6.07) is 9.00. The highest BCUT2D eigenvalue weighted by Gasteiger charge is 2.51. The summed E-state index contributed by atoms with van der Waals surface area (Å²) in [4.78, 5) is 23.8. The Morgan fingerprint density at radius 3 is 2.22 bits per heavy atom. The molecule has 2 aliphatic rings. The summed E-state index contributed by atoms with van der Waals surface area (Å²) in [5.74, 6) is -1.68. The fourth-order valence-electron chi connectivity index (χ4n) is 3.31. The van der Waals surface area contributed by atoms with Crippen molar-refractivity contribution < 1.29 is 14.7 Å².